The van der Waals surface area contributed by atoms with Gasteiger partial charge in [-0.15, -0.1) is 0 Å². The largest absolute Gasteiger partial charge is 0.493 e. The molecule has 3 aromatic rings. The van der Waals surface area contributed by atoms with Crippen molar-refractivity contribution in [3.05, 3.63) is 75.1 Å². The van der Waals surface area contributed by atoms with E-state index in [0.717, 1.165) is 11.1 Å². The summed E-state index contributed by atoms with van der Waals surface area (Å²) < 4.78 is 13.2. The van der Waals surface area contributed by atoms with Crippen LogP contribution in [0.15, 0.2) is 52.4 Å². The van der Waals surface area contributed by atoms with Gasteiger partial charge in [0.25, 0.3) is 5.56 Å². The highest BCUT2D eigenvalue weighted by Gasteiger charge is 2.32. The number of ether oxygens (including phenoxy) is 2. The fourth-order valence-electron chi connectivity index (χ4n) is 4.06. The molecule has 0 unspecified atom stereocenters. The Morgan fingerprint density at radius 2 is 1.89 bits per heavy atom. The zero-order chi connectivity index (χ0) is 25.1. The maximum atomic E-state index is 13.2. The van der Waals surface area contributed by atoms with Gasteiger partial charge in [0, 0.05) is 25.1 Å². The molecule has 0 spiro atoms. The first kappa shape index (κ1) is 24.9. The van der Waals surface area contributed by atoms with E-state index >= 15 is 0 Å². The summed E-state index contributed by atoms with van der Waals surface area (Å²) in [6, 6.07) is 13.8. The average molecular weight is 494 g/mol. The van der Waals surface area contributed by atoms with Crippen LogP contribution >= 0.6 is 11.8 Å². The molecule has 184 valence electrons. The Morgan fingerprint density at radius 3 is 2.57 bits per heavy atom. The molecule has 1 aliphatic heterocycles. The van der Waals surface area contributed by atoms with Crippen LogP contribution in [0, 0.1) is 12.8 Å². The van der Waals surface area contributed by atoms with Crippen LogP contribution in [0.5, 0.6) is 11.5 Å². The number of aryl methyl sites for hydroxylation is 1. The number of aromatic nitrogens is 2. The number of hydrogen-bond donors (Lipinski definition) is 1. The molecule has 2 aromatic carbocycles. The smallest absolute Gasteiger partial charge is 0.279 e. The second-order valence-electron chi connectivity index (χ2n) is 9.22. The minimum atomic E-state index is -0.422. The molecule has 0 saturated carbocycles. The van der Waals surface area contributed by atoms with Crippen LogP contribution in [-0.4, -0.2) is 29.2 Å². The van der Waals surface area contributed by atoms with Crippen LogP contribution in [0.2, 0.25) is 0 Å². The molecule has 1 aromatic heterocycles. The summed E-state index contributed by atoms with van der Waals surface area (Å²) in [5.41, 5.74) is 3.32. The number of carbonyl (C=O) groups is 1. The zero-order valence-electron chi connectivity index (χ0n) is 20.8. The molecule has 7 nitrogen and oxygen atoms in total. The summed E-state index contributed by atoms with van der Waals surface area (Å²) in [6.07, 6.45) is 0.162. The van der Waals surface area contributed by atoms with Gasteiger partial charge in [-0.2, -0.15) is 4.98 Å². The molecule has 1 aliphatic rings. The third kappa shape index (κ3) is 5.53. The van der Waals surface area contributed by atoms with E-state index in [-0.39, 0.29) is 17.9 Å². The third-order valence-electron chi connectivity index (χ3n) is 5.95. The van der Waals surface area contributed by atoms with E-state index in [0.29, 0.717) is 46.3 Å². The predicted molar refractivity (Wildman–Crippen MR) is 139 cm³/mol. The second-order valence-corrected chi connectivity index (χ2v) is 10.2. The van der Waals surface area contributed by atoms with E-state index in [9.17, 15) is 9.59 Å². The van der Waals surface area contributed by atoms with Crippen molar-refractivity contribution in [1.29, 1.82) is 0 Å². The van der Waals surface area contributed by atoms with Crippen LogP contribution in [0.3, 0.4) is 0 Å². The van der Waals surface area contributed by atoms with Crippen molar-refractivity contribution in [3.8, 4) is 11.5 Å². The SMILES string of the molecule is COc1cc([C@@H]2CC(=O)Nc3c2c(=O)nc(SCc2ccc(C)cc2)n3C)ccc1OCC(C)C. The number of hydrogen-bond acceptors (Lipinski definition) is 6. The third-order valence-corrected chi connectivity index (χ3v) is 7.05. The molecule has 0 radical (unpaired) electrons. The normalized spacial score (nSPS) is 15.0. The fraction of sp³-hybridized carbons (Fsp3) is 0.370. The van der Waals surface area contributed by atoms with Crippen LogP contribution in [-0.2, 0) is 17.6 Å². The lowest BCUT2D eigenvalue weighted by atomic mass is 9.86. The summed E-state index contributed by atoms with van der Waals surface area (Å²) in [6.45, 7) is 6.77. The van der Waals surface area contributed by atoms with E-state index in [4.69, 9.17) is 9.47 Å². The van der Waals surface area contributed by atoms with Gasteiger partial charge in [-0.05, 0) is 36.1 Å². The highest BCUT2D eigenvalue weighted by atomic mass is 32.2. The van der Waals surface area contributed by atoms with Gasteiger partial charge in [0.2, 0.25) is 5.91 Å². The second kappa shape index (κ2) is 10.6. The Hall–Kier alpha value is -3.26. The molecule has 2 heterocycles. The number of thioether (sulfide) groups is 1. The molecule has 1 N–H and O–H groups in total. The van der Waals surface area contributed by atoms with E-state index in [1.807, 2.05) is 32.2 Å². The zero-order valence-corrected chi connectivity index (χ0v) is 21.6. The Morgan fingerprint density at radius 1 is 1.14 bits per heavy atom. The van der Waals surface area contributed by atoms with E-state index in [1.54, 1.807) is 11.7 Å². The van der Waals surface area contributed by atoms with Gasteiger partial charge in [0.15, 0.2) is 16.7 Å². The molecule has 1 amide bonds. The summed E-state index contributed by atoms with van der Waals surface area (Å²) in [4.78, 5) is 30.3. The molecule has 4 rings (SSSR count). The standard InChI is InChI=1S/C27H31N3O4S/c1-16(2)14-34-21-11-10-19(12-22(21)33-5)20-13-23(31)28-25-24(20)26(32)29-27(30(25)4)35-15-18-8-6-17(3)7-9-18/h6-12,16,20H,13-15H2,1-5H3,(H,28,31)/t20-/m0/s1. The number of amides is 1. The van der Waals surface area contributed by atoms with Crippen molar-refractivity contribution in [3.63, 3.8) is 0 Å². The predicted octanol–water partition coefficient (Wildman–Crippen LogP) is 4.90. The molecule has 1 atom stereocenters. The first-order valence-corrected chi connectivity index (χ1v) is 12.6. The quantitative estimate of drug-likeness (QED) is 0.355. The lowest BCUT2D eigenvalue weighted by Crippen LogP contribution is -2.33. The molecule has 0 aliphatic carbocycles. The minimum Gasteiger partial charge on any atom is -0.493 e. The van der Waals surface area contributed by atoms with Gasteiger partial charge in [0.05, 0.1) is 19.3 Å². The maximum Gasteiger partial charge on any atom is 0.279 e. The number of anilines is 1. The Kier molecular flexibility index (Phi) is 7.50. The molecule has 8 heteroatoms. The first-order valence-electron chi connectivity index (χ1n) is 11.7. The van der Waals surface area contributed by atoms with Crippen molar-refractivity contribution >= 4 is 23.5 Å². The van der Waals surface area contributed by atoms with Gasteiger partial charge in [0.1, 0.15) is 5.82 Å². The van der Waals surface area contributed by atoms with E-state index < -0.39 is 5.92 Å². The molecule has 0 bridgehead atoms. The lowest BCUT2D eigenvalue weighted by molar-refractivity contribution is -0.116. The lowest BCUT2D eigenvalue weighted by Gasteiger charge is -2.28. The summed E-state index contributed by atoms with van der Waals surface area (Å²) in [5, 5.41) is 3.46. The van der Waals surface area contributed by atoms with Crippen molar-refractivity contribution < 1.29 is 14.3 Å². The molecule has 0 saturated heterocycles. The molecule has 35 heavy (non-hydrogen) atoms. The van der Waals surface area contributed by atoms with Crippen LogP contribution in [0.1, 0.15) is 48.4 Å². The summed E-state index contributed by atoms with van der Waals surface area (Å²) in [7, 11) is 3.41. The Bertz CT molecular complexity index is 1280. The van der Waals surface area contributed by atoms with Crippen molar-refractivity contribution in [2.75, 3.05) is 19.0 Å². The van der Waals surface area contributed by atoms with Crippen LogP contribution < -0.4 is 20.3 Å². The van der Waals surface area contributed by atoms with E-state index in [2.05, 4.69) is 48.4 Å². The van der Waals surface area contributed by atoms with Crippen molar-refractivity contribution in [2.24, 2.45) is 13.0 Å². The van der Waals surface area contributed by atoms with Crippen LogP contribution in [0.25, 0.3) is 0 Å². The minimum absolute atomic E-state index is 0.141. The number of fused-ring (bicyclic) bond motifs is 1. The average Bonchev–Trinajstić information content (AvgIpc) is 2.84. The maximum absolute atomic E-state index is 13.2. The van der Waals surface area contributed by atoms with Crippen LogP contribution in [0.4, 0.5) is 5.82 Å². The van der Waals surface area contributed by atoms with Crippen molar-refractivity contribution in [1.82, 2.24) is 9.55 Å². The van der Waals surface area contributed by atoms with Crippen molar-refractivity contribution in [2.45, 2.75) is 44.0 Å². The number of carbonyl (C=O) groups excluding carboxylic acids is 1. The number of benzene rings is 2. The van der Waals surface area contributed by atoms with E-state index in [1.165, 1.54) is 17.3 Å². The van der Waals surface area contributed by atoms with Gasteiger partial charge in [-0.25, -0.2) is 0 Å². The molecular formula is C27H31N3O4S. The van der Waals surface area contributed by atoms with Gasteiger partial charge < -0.3 is 19.4 Å². The Labute approximate surface area is 209 Å². The fourth-order valence-corrected chi connectivity index (χ4v) is 4.98. The number of methoxy groups -OCH3 is 1. The monoisotopic (exact) mass is 493 g/mol. The number of nitrogens with zero attached hydrogens (tertiary/aromatic N) is 2. The van der Waals surface area contributed by atoms with Gasteiger partial charge in [-0.3, -0.25) is 9.59 Å². The highest BCUT2D eigenvalue weighted by Crippen LogP contribution is 2.39. The topological polar surface area (TPSA) is 82.5 Å². The van der Waals surface area contributed by atoms with Gasteiger partial charge >= 0.3 is 0 Å². The molecular weight excluding hydrogens is 462 g/mol. The summed E-state index contributed by atoms with van der Waals surface area (Å²) in [5.74, 6) is 2.19. The molecule has 0 fully saturated rings. The number of nitrogens with one attached hydrogen (secondary N) is 1. The van der Waals surface area contributed by atoms with Gasteiger partial charge in [-0.1, -0.05) is 61.5 Å². The first-order chi connectivity index (χ1) is 16.8. The summed E-state index contributed by atoms with van der Waals surface area (Å²) >= 11 is 1.47. The highest BCUT2D eigenvalue weighted by molar-refractivity contribution is 7.98. The Balaban J connectivity index is 1.66. The number of rotatable bonds is 8.